The van der Waals surface area contributed by atoms with Crippen molar-refractivity contribution in [1.82, 2.24) is 4.98 Å². The Hall–Kier alpha value is -2.89. The van der Waals surface area contributed by atoms with Crippen molar-refractivity contribution in [3.05, 3.63) is 71.7 Å². The summed E-state index contributed by atoms with van der Waals surface area (Å²) in [6, 6.07) is 10.1. The van der Waals surface area contributed by atoms with Crippen LogP contribution < -0.4 is 5.32 Å². The van der Waals surface area contributed by atoms with Gasteiger partial charge in [0.05, 0.1) is 5.52 Å². The molecule has 0 aliphatic heterocycles. The number of carbonyl (C=O) groups is 1. The van der Waals surface area contributed by atoms with E-state index < -0.39 is 11.6 Å². The van der Waals surface area contributed by atoms with Gasteiger partial charge < -0.3 is 5.32 Å². The van der Waals surface area contributed by atoms with Crippen LogP contribution in [0.4, 0.5) is 18.9 Å². The third kappa shape index (κ3) is 3.80. The lowest BCUT2D eigenvalue weighted by atomic mass is 9.54. The highest BCUT2D eigenvalue weighted by molar-refractivity contribution is 5.93. The van der Waals surface area contributed by atoms with E-state index in [1.807, 2.05) is 6.07 Å². The highest BCUT2D eigenvalue weighted by atomic mass is 19.2. The van der Waals surface area contributed by atoms with E-state index in [9.17, 15) is 18.0 Å². The van der Waals surface area contributed by atoms with Crippen molar-refractivity contribution >= 4 is 22.5 Å². The van der Waals surface area contributed by atoms with Gasteiger partial charge in [0, 0.05) is 29.3 Å². The second kappa shape index (κ2) is 7.66. The molecule has 1 N–H and O–H groups in total. The summed E-state index contributed by atoms with van der Waals surface area (Å²) in [4.78, 5) is 16.9. The van der Waals surface area contributed by atoms with Gasteiger partial charge in [0.15, 0.2) is 11.6 Å². The molecule has 2 aliphatic rings. The van der Waals surface area contributed by atoms with Crippen LogP contribution in [0.1, 0.15) is 50.0 Å². The minimum Gasteiger partial charge on any atom is -0.326 e. The molecule has 160 valence electrons. The molecule has 1 heterocycles. The van der Waals surface area contributed by atoms with E-state index in [0.29, 0.717) is 5.92 Å². The molecule has 2 fully saturated rings. The molecule has 1 aromatic heterocycles. The van der Waals surface area contributed by atoms with Crippen LogP contribution in [0.15, 0.2) is 48.7 Å². The summed E-state index contributed by atoms with van der Waals surface area (Å²) in [5, 5.41) is 3.60. The summed E-state index contributed by atoms with van der Waals surface area (Å²) in [7, 11) is 0. The van der Waals surface area contributed by atoms with Gasteiger partial charge in [-0.15, -0.1) is 0 Å². The molecule has 6 heteroatoms. The monoisotopic (exact) mass is 424 g/mol. The van der Waals surface area contributed by atoms with Crippen molar-refractivity contribution in [1.29, 1.82) is 0 Å². The average molecular weight is 424 g/mol. The van der Waals surface area contributed by atoms with Crippen molar-refractivity contribution in [3.8, 4) is 0 Å². The number of fused-ring (bicyclic) bond motifs is 1. The SMILES string of the molecule is O=C(Nc1ccc(F)c(F)c1)C1CC2(CCC(c3ccnc4ccc(F)cc34)CC2)C1. The highest BCUT2D eigenvalue weighted by Gasteiger charge is 2.48. The van der Waals surface area contributed by atoms with Crippen molar-refractivity contribution in [2.24, 2.45) is 11.3 Å². The molecule has 1 amide bonds. The van der Waals surface area contributed by atoms with Gasteiger partial charge in [0.1, 0.15) is 5.82 Å². The number of amides is 1. The van der Waals surface area contributed by atoms with Crippen molar-refractivity contribution < 1.29 is 18.0 Å². The fourth-order valence-corrected chi connectivity index (χ4v) is 5.43. The Morgan fingerprint density at radius 3 is 2.48 bits per heavy atom. The topological polar surface area (TPSA) is 42.0 Å². The summed E-state index contributed by atoms with van der Waals surface area (Å²) in [6.07, 6.45) is 7.52. The summed E-state index contributed by atoms with van der Waals surface area (Å²) < 4.78 is 40.2. The highest BCUT2D eigenvalue weighted by Crippen LogP contribution is 2.57. The van der Waals surface area contributed by atoms with Crippen LogP contribution in [0.5, 0.6) is 0 Å². The molecular formula is C25H23F3N2O. The number of halogens is 3. The van der Waals surface area contributed by atoms with Crippen LogP contribution in [0.3, 0.4) is 0 Å². The molecular weight excluding hydrogens is 401 g/mol. The first-order chi connectivity index (χ1) is 14.9. The lowest BCUT2D eigenvalue weighted by molar-refractivity contribution is -0.128. The zero-order valence-electron chi connectivity index (χ0n) is 17.0. The average Bonchev–Trinajstić information content (AvgIpc) is 2.74. The molecule has 31 heavy (non-hydrogen) atoms. The molecule has 0 atom stereocenters. The Morgan fingerprint density at radius 1 is 0.968 bits per heavy atom. The number of benzene rings is 2. The number of hydrogen-bond acceptors (Lipinski definition) is 2. The minimum absolute atomic E-state index is 0.0967. The van der Waals surface area contributed by atoms with E-state index in [2.05, 4.69) is 10.3 Å². The molecule has 0 unspecified atom stereocenters. The minimum atomic E-state index is -0.968. The van der Waals surface area contributed by atoms with Crippen LogP contribution >= 0.6 is 0 Å². The van der Waals surface area contributed by atoms with E-state index in [1.54, 1.807) is 18.3 Å². The third-order valence-electron chi connectivity index (χ3n) is 7.14. The first kappa shape index (κ1) is 20.0. The van der Waals surface area contributed by atoms with Gasteiger partial charge in [-0.3, -0.25) is 9.78 Å². The normalized spacial score (nSPS) is 25.4. The van der Waals surface area contributed by atoms with Gasteiger partial charge >= 0.3 is 0 Å². The number of hydrogen-bond donors (Lipinski definition) is 1. The Bertz CT molecular complexity index is 1150. The zero-order chi connectivity index (χ0) is 21.6. The van der Waals surface area contributed by atoms with Gasteiger partial charge in [0.25, 0.3) is 0 Å². The number of aromatic nitrogens is 1. The van der Waals surface area contributed by atoms with E-state index in [1.165, 1.54) is 12.1 Å². The number of rotatable bonds is 3. The van der Waals surface area contributed by atoms with E-state index >= 15 is 0 Å². The quantitative estimate of drug-likeness (QED) is 0.533. The van der Waals surface area contributed by atoms with Gasteiger partial charge in [0.2, 0.25) is 5.91 Å². The first-order valence-corrected chi connectivity index (χ1v) is 10.7. The summed E-state index contributed by atoms with van der Waals surface area (Å²) in [6.45, 7) is 0. The van der Waals surface area contributed by atoms with Crippen LogP contribution in [0, 0.1) is 28.8 Å². The first-order valence-electron chi connectivity index (χ1n) is 10.7. The van der Waals surface area contributed by atoms with Crippen LogP contribution in [-0.2, 0) is 4.79 Å². The predicted octanol–water partition coefficient (Wildman–Crippen LogP) is 6.34. The smallest absolute Gasteiger partial charge is 0.227 e. The van der Waals surface area contributed by atoms with Gasteiger partial charge in [-0.1, -0.05) is 0 Å². The maximum absolute atomic E-state index is 13.8. The van der Waals surface area contributed by atoms with E-state index in [-0.39, 0.29) is 28.7 Å². The summed E-state index contributed by atoms with van der Waals surface area (Å²) >= 11 is 0. The summed E-state index contributed by atoms with van der Waals surface area (Å²) in [5.74, 6) is -2.00. The van der Waals surface area contributed by atoms with Gasteiger partial charge in [-0.2, -0.15) is 0 Å². The number of carbonyl (C=O) groups excluding carboxylic acids is 1. The van der Waals surface area contributed by atoms with Crippen molar-refractivity contribution in [2.45, 2.75) is 44.4 Å². The third-order valence-corrected chi connectivity index (χ3v) is 7.14. The second-order valence-electron chi connectivity index (χ2n) is 9.06. The van der Waals surface area contributed by atoms with E-state index in [4.69, 9.17) is 0 Å². The Morgan fingerprint density at radius 2 is 1.74 bits per heavy atom. The molecule has 2 aromatic carbocycles. The zero-order valence-corrected chi connectivity index (χ0v) is 17.0. The molecule has 0 bridgehead atoms. The molecule has 3 nitrogen and oxygen atoms in total. The summed E-state index contributed by atoms with van der Waals surface area (Å²) in [5.41, 5.74) is 2.44. The maximum Gasteiger partial charge on any atom is 0.227 e. The number of pyridine rings is 1. The van der Waals surface area contributed by atoms with Crippen molar-refractivity contribution in [3.63, 3.8) is 0 Å². The molecule has 5 rings (SSSR count). The molecule has 0 radical (unpaired) electrons. The van der Waals surface area contributed by atoms with Crippen molar-refractivity contribution in [2.75, 3.05) is 5.32 Å². The molecule has 3 aromatic rings. The molecule has 1 spiro atoms. The van der Waals surface area contributed by atoms with Gasteiger partial charge in [-0.25, -0.2) is 13.2 Å². The largest absolute Gasteiger partial charge is 0.326 e. The Labute approximate surface area is 178 Å². The predicted molar refractivity (Wildman–Crippen MR) is 113 cm³/mol. The van der Waals surface area contributed by atoms with Gasteiger partial charge in [-0.05, 0) is 91.8 Å². The Balaban J connectivity index is 1.21. The lowest BCUT2D eigenvalue weighted by Crippen LogP contribution is -2.45. The van der Waals surface area contributed by atoms with E-state index in [0.717, 1.165) is 67.1 Å². The number of nitrogens with one attached hydrogen (secondary N) is 1. The number of anilines is 1. The van der Waals surface area contributed by atoms with Crippen LogP contribution in [-0.4, -0.2) is 10.9 Å². The van der Waals surface area contributed by atoms with Crippen LogP contribution in [0.25, 0.3) is 10.9 Å². The fourth-order valence-electron chi connectivity index (χ4n) is 5.43. The van der Waals surface area contributed by atoms with Crippen LogP contribution in [0.2, 0.25) is 0 Å². The second-order valence-corrected chi connectivity index (χ2v) is 9.06. The fraction of sp³-hybridized carbons (Fsp3) is 0.360. The Kier molecular flexibility index (Phi) is 4.95. The number of nitrogens with zero attached hydrogens (tertiary/aromatic N) is 1. The standard InChI is InChI=1S/C25H23F3N2O/c26-17-1-4-23-20(11-17)19(7-10-29-23)15-5-8-25(9-6-15)13-16(14-25)24(31)30-18-2-3-21(27)22(28)12-18/h1-4,7,10-12,15-16H,5-6,8-9,13-14H2,(H,30,31). The molecule has 2 aliphatic carbocycles. The molecule has 0 saturated heterocycles. The maximum atomic E-state index is 13.8. The lowest BCUT2D eigenvalue weighted by Gasteiger charge is -2.51. The molecule has 2 saturated carbocycles.